The lowest BCUT2D eigenvalue weighted by molar-refractivity contribution is 0.0258. The summed E-state index contributed by atoms with van der Waals surface area (Å²) in [5.74, 6) is 3.17. The maximum atomic E-state index is 5.80. The molecule has 0 amide bonds. The predicted octanol–water partition coefficient (Wildman–Crippen LogP) is 2.66. The van der Waals surface area contributed by atoms with Crippen LogP contribution in [-0.2, 0) is 11.3 Å². The number of halogens is 1. The quantitative estimate of drug-likeness (QED) is 0.369. The lowest BCUT2D eigenvalue weighted by Crippen LogP contribution is -2.42. The molecule has 0 aliphatic carbocycles. The normalized spacial score (nSPS) is 18.5. The van der Waals surface area contributed by atoms with E-state index in [0.29, 0.717) is 5.92 Å². The van der Waals surface area contributed by atoms with Gasteiger partial charge in [-0.25, -0.2) is 9.67 Å². The van der Waals surface area contributed by atoms with Crippen molar-refractivity contribution in [1.29, 1.82) is 0 Å². The molecule has 2 unspecified atom stereocenters. The molecular weight excluding hydrogens is 431 g/mol. The van der Waals surface area contributed by atoms with Crippen LogP contribution in [0.5, 0.6) is 0 Å². The third-order valence-electron chi connectivity index (χ3n) is 4.36. The molecule has 0 spiro atoms. The maximum absolute atomic E-state index is 5.80. The van der Waals surface area contributed by atoms with Crippen molar-refractivity contribution in [2.24, 2.45) is 10.9 Å². The number of aromatic nitrogens is 3. The molecule has 1 aliphatic rings. The fourth-order valence-corrected chi connectivity index (χ4v) is 3.12. The molecular formula is C17H33IN6O. The van der Waals surface area contributed by atoms with Crippen LogP contribution in [0, 0.1) is 12.8 Å². The van der Waals surface area contributed by atoms with Crippen molar-refractivity contribution in [2.45, 2.75) is 65.6 Å². The number of rotatable bonds is 7. The molecule has 1 aromatic rings. The first-order valence-electron chi connectivity index (χ1n) is 9.05. The lowest BCUT2D eigenvalue weighted by Gasteiger charge is -2.26. The van der Waals surface area contributed by atoms with E-state index < -0.39 is 0 Å². The fraction of sp³-hybridized carbons (Fsp3) is 0.824. The van der Waals surface area contributed by atoms with E-state index in [1.54, 1.807) is 7.05 Å². The first-order chi connectivity index (χ1) is 11.5. The first-order valence-corrected chi connectivity index (χ1v) is 9.05. The second-order valence-electron chi connectivity index (χ2n) is 6.60. The molecule has 7 nitrogen and oxygen atoms in total. The Morgan fingerprint density at radius 2 is 2.20 bits per heavy atom. The minimum atomic E-state index is 0. The number of fused-ring (bicyclic) bond motifs is 1. The molecule has 0 saturated heterocycles. The van der Waals surface area contributed by atoms with Gasteiger partial charge in [0.1, 0.15) is 11.6 Å². The maximum Gasteiger partial charge on any atom is 0.191 e. The average Bonchev–Trinajstić information content (AvgIpc) is 2.94. The van der Waals surface area contributed by atoms with E-state index in [-0.39, 0.29) is 36.1 Å². The number of ether oxygens (including phenoxy) is 1. The zero-order chi connectivity index (χ0) is 17.5. The molecule has 0 fully saturated rings. The Morgan fingerprint density at radius 1 is 1.44 bits per heavy atom. The van der Waals surface area contributed by atoms with Gasteiger partial charge in [0.25, 0.3) is 0 Å². The van der Waals surface area contributed by atoms with Crippen molar-refractivity contribution in [1.82, 2.24) is 25.4 Å². The molecule has 0 radical (unpaired) electrons. The molecule has 2 N–H and O–H groups in total. The van der Waals surface area contributed by atoms with Crippen molar-refractivity contribution in [2.75, 3.05) is 20.2 Å². The summed E-state index contributed by atoms with van der Waals surface area (Å²) >= 11 is 0. The van der Waals surface area contributed by atoms with E-state index in [2.05, 4.69) is 39.6 Å². The summed E-state index contributed by atoms with van der Waals surface area (Å²) in [4.78, 5) is 8.91. The predicted molar refractivity (Wildman–Crippen MR) is 112 cm³/mol. The van der Waals surface area contributed by atoms with E-state index in [0.717, 1.165) is 56.6 Å². The number of hydrogen-bond acceptors (Lipinski definition) is 4. The van der Waals surface area contributed by atoms with Crippen LogP contribution in [0.25, 0.3) is 0 Å². The number of hydrogen-bond donors (Lipinski definition) is 2. The summed E-state index contributed by atoms with van der Waals surface area (Å²) in [5, 5.41) is 11.3. The van der Waals surface area contributed by atoms with Crippen LogP contribution in [-0.4, -0.2) is 47.0 Å². The van der Waals surface area contributed by atoms with Gasteiger partial charge in [-0.15, -0.1) is 24.0 Å². The van der Waals surface area contributed by atoms with Gasteiger partial charge in [-0.1, -0.05) is 13.8 Å². The molecule has 1 aromatic heterocycles. The number of nitrogens with zero attached hydrogens (tertiary/aromatic N) is 4. The van der Waals surface area contributed by atoms with Gasteiger partial charge in [0, 0.05) is 26.7 Å². The Morgan fingerprint density at radius 3 is 2.84 bits per heavy atom. The van der Waals surface area contributed by atoms with Gasteiger partial charge in [-0.3, -0.25) is 4.99 Å². The minimum Gasteiger partial charge on any atom is -0.378 e. The molecule has 144 valence electrons. The second-order valence-corrected chi connectivity index (χ2v) is 6.60. The van der Waals surface area contributed by atoms with Gasteiger partial charge in [-0.05, 0) is 39.0 Å². The van der Waals surface area contributed by atoms with Crippen LogP contribution in [0.4, 0.5) is 0 Å². The standard InChI is InChI=1S/C17H32N6O.HI/c1-6-24-15(12(2)3)9-10-19-17(18-5)21-14-8-7-11-23-16(14)20-13(4)22-23;/h12,14-15H,6-11H2,1-5H3,(H2,18,19,21);1H. The van der Waals surface area contributed by atoms with E-state index in [4.69, 9.17) is 4.74 Å². The van der Waals surface area contributed by atoms with Crippen LogP contribution < -0.4 is 10.6 Å². The van der Waals surface area contributed by atoms with Gasteiger partial charge >= 0.3 is 0 Å². The molecule has 2 rings (SSSR count). The van der Waals surface area contributed by atoms with Gasteiger partial charge in [0.05, 0.1) is 12.1 Å². The summed E-state index contributed by atoms with van der Waals surface area (Å²) in [6, 6.07) is 0.166. The van der Waals surface area contributed by atoms with Crippen molar-refractivity contribution in [3.8, 4) is 0 Å². The first kappa shape index (κ1) is 22.1. The van der Waals surface area contributed by atoms with Crippen molar-refractivity contribution in [3.05, 3.63) is 11.6 Å². The van der Waals surface area contributed by atoms with Crippen LogP contribution in [0.3, 0.4) is 0 Å². The second kappa shape index (κ2) is 10.9. The topological polar surface area (TPSA) is 76.4 Å². The molecule has 2 atom stereocenters. The average molecular weight is 464 g/mol. The third-order valence-corrected chi connectivity index (χ3v) is 4.36. The highest BCUT2D eigenvalue weighted by molar-refractivity contribution is 14.0. The summed E-state index contributed by atoms with van der Waals surface area (Å²) in [5.41, 5.74) is 0. The zero-order valence-corrected chi connectivity index (χ0v) is 18.4. The lowest BCUT2D eigenvalue weighted by atomic mass is 10.0. The molecule has 8 heteroatoms. The number of aliphatic imine (C=N–C) groups is 1. The Bertz CT molecular complexity index is 545. The Kier molecular flexibility index (Phi) is 9.70. The summed E-state index contributed by atoms with van der Waals surface area (Å²) < 4.78 is 7.80. The molecule has 0 saturated carbocycles. The SMILES string of the molecule is CCOC(CCNC(=NC)NC1CCCn2nc(C)nc21)C(C)C.I. The van der Waals surface area contributed by atoms with E-state index in [9.17, 15) is 0 Å². The number of aryl methyl sites for hydroxylation is 2. The highest BCUT2D eigenvalue weighted by Gasteiger charge is 2.24. The Labute approximate surface area is 168 Å². The number of guanidine groups is 1. The van der Waals surface area contributed by atoms with Crippen LogP contribution in [0.2, 0.25) is 0 Å². The monoisotopic (exact) mass is 464 g/mol. The van der Waals surface area contributed by atoms with Crippen LogP contribution >= 0.6 is 24.0 Å². The largest absolute Gasteiger partial charge is 0.378 e. The van der Waals surface area contributed by atoms with Gasteiger partial charge in [0.2, 0.25) is 0 Å². The van der Waals surface area contributed by atoms with E-state index in [1.807, 2.05) is 18.5 Å². The van der Waals surface area contributed by atoms with Gasteiger partial charge in [0.15, 0.2) is 5.96 Å². The summed E-state index contributed by atoms with van der Waals surface area (Å²) in [6.45, 7) is 10.9. The summed E-state index contributed by atoms with van der Waals surface area (Å²) in [7, 11) is 1.80. The summed E-state index contributed by atoms with van der Waals surface area (Å²) in [6.07, 6.45) is 3.39. The number of nitrogens with one attached hydrogen (secondary N) is 2. The molecule has 1 aliphatic heterocycles. The van der Waals surface area contributed by atoms with Gasteiger partial charge in [-0.2, -0.15) is 5.10 Å². The Balaban J connectivity index is 0.00000312. The van der Waals surface area contributed by atoms with Crippen LogP contribution in [0.15, 0.2) is 4.99 Å². The van der Waals surface area contributed by atoms with Crippen molar-refractivity contribution >= 4 is 29.9 Å². The molecule has 25 heavy (non-hydrogen) atoms. The highest BCUT2D eigenvalue weighted by Crippen LogP contribution is 2.22. The van der Waals surface area contributed by atoms with Crippen LogP contribution in [0.1, 0.15) is 57.7 Å². The molecule has 2 heterocycles. The van der Waals surface area contributed by atoms with Crippen molar-refractivity contribution in [3.63, 3.8) is 0 Å². The van der Waals surface area contributed by atoms with E-state index >= 15 is 0 Å². The highest BCUT2D eigenvalue weighted by atomic mass is 127. The van der Waals surface area contributed by atoms with Gasteiger partial charge < -0.3 is 15.4 Å². The molecule has 0 aromatic carbocycles. The Hall–Kier alpha value is -0.900. The van der Waals surface area contributed by atoms with Crippen molar-refractivity contribution < 1.29 is 4.74 Å². The van der Waals surface area contributed by atoms with E-state index in [1.165, 1.54) is 0 Å². The zero-order valence-electron chi connectivity index (χ0n) is 16.1. The fourth-order valence-electron chi connectivity index (χ4n) is 3.12. The molecule has 0 bridgehead atoms. The smallest absolute Gasteiger partial charge is 0.191 e. The minimum absolute atomic E-state index is 0. The third kappa shape index (κ3) is 6.40.